The molecule has 46 heavy (non-hydrogen) atoms. The van der Waals surface area contributed by atoms with Gasteiger partial charge in [-0.2, -0.15) is 0 Å². The number of fused-ring (bicyclic) bond motifs is 2. The van der Waals surface area contributed by atoms with E-state index >= 15 is 0 Å². The maximum absolute atomic E-state index is 13.4. The highest BCUT2D eigenvalue weighted by molar-refractivity contribution is 6.10. The van der Waals surface area contributed by atoms with Gasteiger partial charge >= 0.3 is 0 Å². The number of hydrogen-bond acceptors (Lipinski definition) is 6. The van der Waals surface area contributed by atoms with Gasteiger partial charge in [0, 0.05) is 0 Å². The minimum absolute atomic E-state index is 0.321. The van der Waals surface area contributed by atoms with E-state index in [1.54, 1.807) is 40.6 Å². The van der Waals surface area contributed by atoms with Crippen LogP contribution in [0.2, 0.25) is 0 Å². The van der Waals surface area contributed by atoms with Crippen LogP contribution in [0.3, 0.4) is 0 Å². The maximum atomic E-state index is 13.4. The smallest absolute Gasteiger partial charge is 0.259 e. The van der Waals surface area contributed by atoms with Crippen LogP contribution in [0, 0.1) is 0 Å². The number of methoxy groups -OCH3 is 4. The number of hydrogen-bond donors (Lipinski definition) is 2. The average Bonchev–Trinajstić information content (AvgIpc) is 3.10. The molecule has 6 aromatic carbocycles. The Hall–Kier alpha value is -6.02. The predicted octanol–water partition coefficient (Wildman–Crippen LogP) is 8.20. The lowest BCUT2D eigenvalue weighted by Gasteiger charge is -2.16. The van der Waals surface area contributed by atoms with Crippen molar-refractivity contribution in [1.29, 1.82) is 0 Å². The quantitative estimate of drug-likeness (QED) is 0.171. The molecule has 8 nitrogen and oxygen atoms in total. The van der Waals surface area contributed by atoms with Gasteiger partial charge in [0.05, 0.1) is 50.9 Å². The first-order valence-corrected chi connectivity index (χ1v) is 14.5. The Morgan fingerprint density at radius 3 is 1.13 bits per heavy atom. The summed E-state index contributed by atoms with van der Waals surface area (Å²) in [6, 6.07) is 33.9. The summed E-state index contributed by atoms with van der Waals surface area (Å²) >= 11 is 0. The molecule has 230 valence electrons. The summed E-state index contributed by atoms with van der Waals surface area (Å²) in [5, 5.41) is 9.74. The van der Waals surface area contributed by atoms with Crippen LogP contribution in [0.15, 0.2) is 109 Å². The van der Waals surface area contributed by atoms with Crippen molar-refractivity contribution in [2.75, 3.05) is 39.1 Å². The summed E-state index contributed by atoms with van der Waals surface area (Å²) < 4.78 is 22.4. The number of nitrogens with one attached hydrogen (secondary N) is 2. The Balaban J connectivity index is 1.25. The first-order chi connectivity index (χ1) is 22.4. The lowest BCUT2D eigenvalue weighted by molar-refractivity contribution is 0.101. The Labute approximate surface area is 266 Å². The Morgan fingerprint density at radius 2 is 0.783 bits per heavy atom. The van der Waals surface area contributed by atoms with E-state index in [0.717, 1.165) is 32.7 Å². The van der Waals surface area contributed by atoms with Crippen molar-refractivity contribution in [2.45, 2.75) is 0 Å². The SMILES string of the molecule is COc1cc(-c2ccc(NC(=O)c3cc4ccccc4cc3OC)c(OC)c2)ccc1NC(=O)c1cc2ccccc2cc1OC. The first-order valence-electron chi connectivity index (χ1n) is 14.5. The second-order valence-electron chi connectivity index (χ2n) is 10.5. The van der Waals surface area contributed by atoms with Crippen LogP contribution in [0.25, 0.3) is 32.7 Å². The summed E-state index contributed by atoms with van der Waals surface area (Å²) in [7, 11) is 6.18. The molecule has 0 heterocycles. The summed E-state index contributed by atoms with van der Waals surface area (Å²) in [6.45, 7) is 0. The van der Waals surface area contributed by atoms with Gasteiger partial charge in [0.15, 0.2) is 0 Å². The van der Waals surface area contributed by atoms with E-state index < -0.39 is 0 Å². The van der Waals surface area contributed by atoms with Crippen LogP contribution in [0.4, 0.5) is 11.4 Å². The largest absolute Gasteiger partial charge is 0.496 e. The molecule has 0 fully saturated rings. The van der Waals surface area contributed by atoms with Crippen LogP contribution >= 0.6 is 0 Å². The molecule has 0 aliphatic heterocycles. The zero-order valence-corrected chi connectivity index (χ0v) is 25.8. The topological polar surface area (TPSA) is 95.1 Å². The second-order valence-corrected chi connectivity index (χ2v) is 10.5. The minimum Gasteiger partial charge on any atom is -0.496 e. The standard InChI is InChI=1S/C38H32N2O6/c1-43-33-19-25-11-7-5-9-23(25)17-29(33)37(41)39-31-15-13-27(21-35(31)45-3)28-14-16-32(36(22-28)46-4)40-38(42)30-18-24-10-6-8-12-26(24)20-34(30)44-2/h5-22H,1-4H3,(H,39,41)(H,40,42). The highest BCUT2D eigenvalue weighted by Gasteiger charge is 2.19. The van der Waals surface area contributed by atoms with Crippen molar-refractivity contribution in [3.05, 3.63) is 120 Å². The number of benzene rings is 6. The molecule has 0 aliphatic rings. The van der Waals surface area contributed by atoms with Gasteiger partial charge in [0.2, 0.25) is 0 Å². The number of carbonyl (C=O) groups is 2. The maximum Gasteiger partial charge on any atom is 0.259 e. The lowest BCUT2D eigenvalue weighted by atomic mass is 10.0. The van der Waals surface area contributed by atoms with E-state index in [4.69, 9.17) is 18.9 Å². The van der Waals surface area contributed by atoms with Gasteiger partial charge in [-0.1, -0.05) is 60.7 Å². The molecule has 6 aromatic rings. The lowest BCUT2D eigenvalue weighted by Crippen LogP contribution is -2.14. The molecular formula is C38H32N2O6. The molecule has 2 amide bonds. The Kier molecular flexibility index (Phi) is 8.43. The van der Waals surface area contributed by atoms with Gasteiger partial charge in [0.1, 0.15) is 23.0 Å². The fourth-order valence-electron chi connectivity index (χ4n) is 5.46. The minimum atomic E-state index is -0.321. The Morgan fingerprint density at radius 1 is 0.435 bits per heavy atom. The van der Waals surface area contributed by atoms with Crippen LogP contribution in [0.1, 0.15) is 20.7 Å². The molecule has 0 atom stereocenters. The third-order valence-corrected chi connectivity index (χ3v) is 7.86. The van der Waals surface area contributed by atoms with Crippen molar-refractivity contribution in [3.63, 3.8) is 0 Å². The van der Waals surface area contributed by atoms with Gasteiger partial charge in [0.25, 0.3) is 11.8 Å². The van der Waals surface area contributed by atoms with E-state index in [1.807, 2.05) is 97.1 Å². The number of amides is 2. The molecule has 0 spiro atoms. The molecule has 0 saturated carbocycles. The summed E-state index contributed by atoms with van der Waals surface area (Å²) in [5.41, 5.74) is 3.49. The van der Waals surface area contributed by atoms with E-state index in [0.29, 0.717) is 45.5 Å². The number of ether oxygens (including phenoxy) is 4. The van der Waals surface area contributed by atoms with Gasteiger partial charge in [-0.05, 0) is 81.2 Å². The van der Waals surface area contributed by atoms with Gasteiger partial charge in [-0.15, -0.1) is 0 Å². The number of anilines is 2. The second kappa shape index (κ2) is 12.9. The van der Waals surface area contributed by atoms with Crippen molar-refractivity contribution < 1.29 is 28.5 Å². The normalized spacial score (nSPS) is 10.8. The average molecular weight is 613 g/mol. The van der Waals surface area contributed by atoms with Gasteiger partial charge in [-0.3, -0.25) is 9.59 Å². The van der Waals surface area contributed by atoms with Crippen LogP contribution in [-0.2, 0) is 0 Å². The fourth-order valence-corrected chi connectivity index (χ4v) is 5.46. The van der Waals surface area contributed by atoms with Gasteiger partial charge < -0.3 is 29.6 Å². The molecule has 0 radical (unpaired) electrons. The van der Waals surface area contributed by atoms with Crippen LogP contribution < -0.4 is 29.6 Å². The van der Waals surface area contributed by atoms with Crippen LogP contribution in [0.5, 0.6) is 23.0 Å². The monoisotopic (exact) mass is 612 g/mol. The third-order valence-electron chi connectivity index (χ3n) is 7.86. The highest BCUT2D eigenvalue weighted by Crippen LogP contribution is 2.36. The van der Waals surface area contributed by atoms with Gasteiger partial charge in [-0.25, -0.2) is 0 Å². The highest BCUT2D eigenvalue weighted by atomic mass is 16.5. The molecular weight excluding hydrogens is 580 g/mol. The summed E-state index contributed by atoms with van der Waals surface area (Å²) in [5.74, 6) is 1.27. The van der Waals surface area contributed by atoms with E-state index in [-0.39, 0.29) is 11.8 Å². The van der Waals surface area contributed by atoms with Crippen molar-refractivity contribution in [1.82, 2.24) is 0 Å². The molecule has 0 saturated heterocycles. The zero-order chi connectivity index (χ0) is 32.2. The van der Waals surface area contributed by atoms with Crippen molar-refractivity contribution >= 4 is 44.7 Å². The molecule has 6 rings (SSSR count). The predicted molar refractivity (Wildman–Crippen MR) is 182 cm³/mol. The number of rotatable bonds is 9. The molecule has 2 N–H and O–H groups in total. The summed E-state index contributed by atoms with van der Waals surface area (Å²) in [6.07, 6.45) is 0. The fraction of sp³-hybridized carbons (Fsp3) is 0.105. The molecule has 0 aliphatic carbocycles. The number of carbonyl (C=O) groups excluding carboxylic acids is 2. The van der Waals surface area contributed by atoms with Crippen molar-refractivity contribution in [2.24, 2.45) is 0 Å². The van der Waals surface area contributed by atoms with E-state index in [1.165, 1.54) is 0 Å². The summed E-state index contributed by atoms with van der Waals surface area (Å²) in [4.78, 5) is 26.7. The molecule has 0 unspecified atom stereocenters. The molecule has 0 aromatic heterocycles. The first kappa shape index (κ1) is 30.0. The molecule has 0 bridgehead atoms. The third kappa shape index (κ3) is 5.88. The van der Waals surface area contributed by atoms with Crippen LogP contribution in [-0.4, -0.2) is 40.3 Å². The van der Waals surface area contributed by atoms with E-state index in [2.05, 4.69) is 10.6 Å². The zero-order valence-electron chi connectivity index (χ0n) is 25.8. The van der Waals surface area contributed by atoms with E-state index in [9.17, 15) is 9.59 Å². The Bertz CT molecular complexity index is 1960. The molecule has 8 heteroatoms. The van der Waals surface area contributed by atoms with Crippen molar-refractivity contribution in [3.8, 4) is 34.1 Å².